The van der Waals surface area contributed by atoms with E-state index in [1.54, 1.807) is 30.0 Å². The van der Waals surface area contributed by atoms with Crippen LogP contribution >= 0.6 is 23.2 Å². The standard InChI is InChI=1S/C21H21Cl2FN2O2/c1-13(27)26-8-2-3-14(12-26)11-25-21(28)17-6-5-16(24)10-18(17)15-4-7-19(22)20(23)9-15/h4-7,9-10,14H,2-3,8,11-12H2,1H3,(H,25,28). The second-order valence-corrected chi connectivity index (χ2v) is 7.82. The van der Waals surface area contributed by atoms with Crippen LogP contribution in [-0.2, 0) is 4.79 Å². The minimum Gasteiger partial charge on any atom is -0.352 e. The van der Waals surface area contributed by atoms with Gasteiger partial charge in [-0.3, -0.25) is 9.59 Å². The van der Waals surface area contributed by atoms with E-state index in [0.717, 1.165) is 19.4 Å². The molecule has 1 atom stereocenters. The Morgan fingerprint density at radius 2 is 1.96 bits per heavy atom. The summed E-state index contributed by atoms with van der Waals surface area (Å²) in [7, 11) is 0. The molecular formula is C21H21Cl2FN2O2. The SMILES string of the molecule is CC(=O)N1CCCC(CNC(=O)c2ccc(F)cc2-c2ccc(Cl)c(Cl)c2)C1. The lowest BCUT2D eigenvalue weighted by molar-refractivity contribution is -0.130. The van der Waals surface area contributed by atoms with Gasteiger partial charge in [-0.05, 0) is 60.2 Å². The van der Waals surface area contributed by atoms with Gasteiger partial charge in [0.05, 0.1) is 10.0 Å². The first-order chi connectivity index (χ1) is 13.3. The smallest absolute Gasteiger partial charge is 0.251 e. The number of likely N-dealkylation sites (tertiary alicyclic amines) is 1. The average molecular weight is 423 g/mol. The summed E-state index contributed by atoms with van der Waals surface area (Å²) in [5.74, 6) is -0.477. The van der Waals surface area contributed by atoms with E-state index in [2.05, 4.69) is 5.32 Å². The summed E-state index contributed by atoms with van der Waals surface area (Å²) in [4.78, 5) is 26.2. The summed E-state index contributed by atoms with van der Waals surface area (Å²) in [6.07, 6.45) is 1.87. The zero-order valence-electron chi connectivity index (χ0n) is 15.5. The van der Waals surface area contributed by atoms with Crippen LogP contribution in [0.4, 0.5) is 4.39 Å². The van der Waals surface area contributed by atoms with Crippen LogP contribution in [0, 0.1) is 11.7 Å². The summed E-state index contributed by atoms with van der Waals surface area (Å²) in [6.45, 7) is 3.42. The number of halogens is 3. The van der Waals surface area contributed by atoms with Gasteiger partial charge in [-0.15, -0.1) is 0 Å². The Balaban J connectivity index is 1.76. The Labute approximate surface area is 173 Å². The van der Waals surface area contributed by atoms with E-state index in [1.165, 1.54) is 18.2 Å². The van der Waals surface area contributed by atoms with Crippen molar-refractivity contribution in [1.82, 2.24) is 10.2 Å². The zero-order valence-corrected chi connectivity index (χ0v) is 17.0. The Morgan fingerprint density at radius 1 is 1.18 bits per heavy atom. The van der Waals surface area contributed by atoms with E-state index in [0.29, 0.717) is 39.8 Å². The minimum absolute atomic E-state index is 0.0523. The molecule has 1 aliphatic heterocycles. The number of nitrogens with zero attached hydrogens (tertiary/aromatic N) is 1. The normalized spacial score (nSPS) is 16.7. The molecule has 1 aliphatic rings. The van der Waals surface area contributed by atoms with Crippen LogP contribution in [-0.4, -0.2) is 36.3 Å². The molecule has 2 aromatic carbocycles. The molecule has 1 fully saturated rings. The molecule has 0 bridgehead atoms. The van der Waals surface area contributed by atoms with Crippen molar-refractivity contribution in [3.63, 3.8) is 0 Å². The van der Waals surface area contributed by atoms with Crippen molar-refractivity contribution in [1.29, 1.82) is 0 Å². The predicted octanol–water partition coefficient (Wildman–Crippen LogP) is 4.79. The van der Waals surface area contributed by atoms with Crippen LogP contribution < -0.4 is 5.32 Å². The first kappa shape index (κ1) is 20.6. The molecule has 0 spiro atoms. The lowest BCUT2D eigenvalue weighted by atomic mass is 9.96. The summed E-state index contributed by atoms with van der Waals surface area (Å²) in [5.41, 5.74) is 1.42. The predicted molar refractivity (Wildman–Crippen MR) is 109 cm³/mol. The van der Waals surface area contributed by atoms with Crippen molar-refractivity contribution in [2.75, 3.05) is 19.6 Å². The molecule has 1 N–H and O–H groups in total. The third-order valence-electron chi connectivity index (χ3n) is 4.97. The van der Waals surface area contributed by atoms with Gasteiger partial charge in [0.15, 0.2) is 0 Å². The molecule has 1 unspecified atom stereocenters. The van der Waals surface area contributed by atoms with Gasteiger partial charge in [0.25, 0.3) is 5.91 Å². The fourth-order valence-corrected chi connectivity index (χ4v) is 3.77. The third kappa shape index (κ3) is 4.83. The Hall–Kier alpha value is -2.11. The first-order valence-corrected chi connectivity index (χ1v) is 9.89. The number of nitrogens with one attached hydrogen (secondary N) is 1. The largest absolute Gasteiger partial charge is 0.352 e. The lowest BCUT2D eigenvalue weighted by Gasteiger charge is -2.32. The zero-order chi connectivity index (χ0) is 20.3. The van der Waals surface area contributed by atoms with Crippen LogP contribution in [0.5, 0.6) is 0 Å². The fourth-order valence-electron chi connectivity index (χ4n) is 3.47. The van der Waals surface area contributed by atoms with Crippen LogP contribution in [0.3, 0.4) is 0 Å². The average Bonchev–Trinajstić information content (AvgIpc) is 2.68. The highest BCUT2D eigenvalue weighted by Gasteiger charge is 2.23. The maximum atomic E-state index is 13.8. The monoisotopic (exact) mass is 422 g/mol. The second kappa shape index (κ2) is 8.93. The molecule has 2 aromatic rings. The Morgan fingerprint density at radius 3 is 2.68 bits per heavy atom. The number of piperidine rings is 1. The number of hydrogen-bond donors (Lipinski definition) is 1. The Kier molecular flexibility index (Phi) is 6.57. The molecule has 3 rings (SSSR count). The van der Waals surface area contributed by atoms with Gasteiger partial charge in [-0.25, -0.2) is 4.39 Å². The van der Waals surface area contributed by atoms with Crippen LogP contribution in [0.2, 0.25) is 10.0 Å². The molecular weight excluding hydrogens is 402 g/mol. The van der Waals surface area contributed by atoms with Crippen LogP contribution in [0.15, 0.2) is 36.4 Å². The van der Waals surface area contributed by atoms with Crippen molar-refractivity contribution < 1.29 is 14.0 Å². The number of amides is 2. The number of hydrogen-bond acceptors (Lipinski definition) is 2. The molecule has 148 valence electrons. The molecule has 7 heteroatoms. The molecule has 28 heavy (non-hydrogen) atoms. The molecule has 0 saturated carbocycles. The van der Waals surface area contributed by atoms with Crippen molar-refractivity contribution in [2.45, 2.75) is 19.8 Å². The topological polar surface area (TPSA) is 49.4 Å². The second-order valence-electron chi connectivity index (χ2n) is 7.00. The molecule has 1 heterocycles. The van der Waals surface area contributed by atoms with Gasteiger partial charge < -0.3 is 10.2 Å². The highest BCUT2D eigenvalue weighted by Crippen LogP contribution is 2.31. The van der Waals surface area contributed by atoms with Gasteiger partial charge >= 0.3 is 0 Å². The molecule has 0 aromatic heterocycles. The number of rotatable bonds is 4. The van der Waals surface area contributed by atoms with E-state index in [4.69, 9.17) is 23.2 Å². The summed E-state index contributed by atoms with van der Waals surface area (Å²) in [5, 5.41) is 3.65. The van der Waals surface area contributed by atoms with Gasteiger partial charge in [0, 0.05) is 32.1 Å². The molecule has 2 amide bonds. The van der Waals surface area contributed by atoms with Crippen molar-refractivity contribution in [2.24, 2.45) is 5.92 Å². The van der Waals surface area contributed by atoms with Gasteiger partial charge in [-0.1, -0.05) is 29.3 Å². The van der Waals surface area contributed by atoms with Gasteiger partial charge in [0.2, 0.25) is 5.91 Å². The highest BCUT2D eigenvalue weighted by molar-refractivity contribution is 6.42. The van der Waals surface area contributed by atoms with E-state index < -0.39 is 5.82 Å². The van der Waals surface area contributed by atoms with Crippen molar-refractivity contribution in [3.8, 4) is 11.1 Å². The Bertz CT molecular complexity index is 904. The van der Waals surface area contributed by atoms with Gasteiger partial charge in [-0.2, -0.15) is 0 Å². The molecule has 0 aliphatic carbocycles. The fraction of sp³-hybridized carbons (Fsp3) is 0.333. The van der Waals surface area contributed by atoms with E-state index in [9.17, 15) is 14.0 Å². The summed E-state index contributed by atoms with van der Waals surface area (Å²) in [6, 6.07) is 8.96. The summed E-state index contributed by atoms with van der Waals surface area (Å²) >= 11 is 12.0. The molecule has 0 radical (unpaired) electrons. The quantitative estimate of drug-likeness (QED) is 0.769. The lowest BCUT2D eigenvalue weighted by Crippen LogP contribution is -2.42. The minimum atomic E-state index is -0.443. The van der Waals surface area contributed by atoms with E-state index >= 15 is 0 Å². The maximum absolute atomic E-state index is 13.8. The van der Waals surface area contributed by atoms with Crippen LogP contribution in [0.25, 0.3) is 11.1 Å². The number of benzene rings is 2. The van der Waals surface area contributed by atoms with Crippen molar-refractivity contribution >= 4 is 35.0 Å². The van der Waals surface area contributed by atoms with E-state index in [1.807, 2.05) is 0 Å². The molecule has 4 nitrogen and oxygen atoms in total. The van der Waals surface area contributed by atoms with Crippen molar-refractivity contribution in [3.05, 3.63) is 57.8 Å². The summed E-state index contributed by atoms with van der Waals surface area (Å²) < 4.78 is 13.8. The third-order valence-corrected chi connectivity index (χ3v) is 5.71. The molecule has 1 saturated heterocycles. The van der Waals surface area contributed by atoms with Crippen LogP contribution in [0.1, 0.15) is 30.1 Å². The van der Waals surface area contributed by atoms with E-state index in [-0.39, 0.29) is 17.7 Å². The number of carbonyl (C=O) groups is 2. The highest BCUT2D eigenvalue weighted by atomic mass is 35.5. The number of carbonyl (C=O) groups excluding carboxylic acids is 2. The first-order valence-electron chi connectivity index (χ1n) is 9.14. The maximum Gasteiger partial charge on any atom is 0.251 e. The van der Waals surface area contributed by atoms with Gasteiger partial charge in [0.1, 0.15) is 5.82 Å².